The molecule has 0 aromatic heterocycles. The summed E-state index contributed by atoms with van der Waals surface area (Å²) in [5.74, 6) is 1.02. The Kier molecular flexibility index (Phi) is 5.09. The minimum absolute atomic E-state index is 0.00437. The van der Waals surface area contributed by atoms with E-state index in [1.807, 2.05) is 0 Å². The van der Waals surface area contributed by atoms with E-state index in [0.717, 1.165) is 12.2 Å². The number of rotatable bonds is 4. The third-order valence-corrected chi connectivity index (χ3v) is 6.93. The fourth-order valence-electron chi connectivity index (χ4n) is 3.74. The first-order valence-electron chi connectivity index (χ1n) is 9.41. The molecule has 0 N–H and O–H groups in total. The van der Waals surface area contributed by atoms with Crippen molar-refractivity contribution in [2.24, 2.45) is 0 Å². The molecule has 4 rings (SSSR count). The van der Waals surface area contributed by atoms with Crippen molar-refractivity contribution in [2.45, 2.75) is 11.2 Å². The van der Waals surface area contributed by atoms with Crippen molar-refractivity contribution in [3.63, 3.8) is 0 Å². The van der Waals surface area contributed by atoms with Gasteiger partial charge in [-0.15, -0.1) is 11.8 Å². The fourth-order valence-corrected chi connectivity index (χ4v) is 5.24. The van der Waals surface area contributed by atoms with Crippen LogP contribution in [0.25, 0.3) is 5.57 Å². The lowest BCUT2D eigenvalue weighted by atomic mass is 9.86. The van der Waals surface area contributed by atoms with Gasteiger partial charge in [0.1, 0.15) is 0 Å². The average Bonchev–Trinajstić information content (AvgIpc) is 2.75. The Morgan fingerprint density at radius 1 is 0.741 bits per heavy atom. The minimum Gasteiger partial charge on any atom is -0.378 e. The molecule has 0 radical (unpaired) electrons. The summed E-state index contributed by atoms with van der Waals surface area (Å²) in [6, 6.07) is 30.8. The molecule has 0 amide bonds. The van der Waals surface area contributed by atoms with Gasteiger partial charge in [-0.2, -0.15) is 0 Å². The molecule has 1 aliphatic rings. The lowest BCUT2D eigenvalue weighted by molar-refractivity contribution is 0.751. The lowest BCUT2D eigenvalue weighted by Gasteiger charge is -2.37. The third-order valence-electron chi connectivity index (χ3n) is 5.34. The highest BCUT2D eigenvalue weighted by molar-refractivity contribution is 8.00. The number of hydrogen-bond donors (Lipinski definition) is 0. The molecule has 1 heterocycles. The predicted octanol–water partition coefficient (Wildman–Crippen LogP) is 6.22. The van der Waals surface area contributed by atoms with Gasteiger partial charge in [-0.3, -0.25) is 0 Å². The van der Waals surface area contributed by atoms with E-state index in [1.54, 1.807) is 0 Å². The topological polar surface area (TPSA) is 3.24 Å². The van der Waals surface area contributed by atoms with Gasteiger partial charge in [0.15, 0.2) is 0 Å². The van der Waals surface area contributed by atoms with Gasteiger partial charge < -0.3 is 4.90 Å². The number of anilines is 1. The first kappa shape index (κ1) is 17.9. The summed E-state index contributed by atoms with van der Waals surface area (Å²) >= 11 is 2.05. The molecule has 3 aromatic carbocycles. The summed E-state index contributed by atoms with van der Waals surface area (Å²) in [4.78, 5) is 2.14. The van der Waals surface area contributed by atoms with Crippen molar-refractivity contribution in [2.75, 3.05) is 24.7 Å². The second kappa shape index (κ2) is 7.66. The second-order valence-corrected chi connectivity index (χ2v) is 8.50. The highest BCUT2D eigenvalue weighted by Crippen LogP contribution is 2.50. The second-order valence-electron chi connectivity index (χ2n) is 7.22. The molecule has 27 heavy (non-hydrogen) atoms. The Labute approximate surface area is 166 Å². The van der Waals surface area contributed by atoms with Crippen LogP contribution in [0.2, 0.25) is 0 Å². The van der Waals surface area contributed by atoms with Crippen molar-refractivity contribution in [1.82, 2.24) is 0 Å². The van der Waals surface area contributed by atoms with E-state index in [0.29, 0.717) is 0 Å². The molecule has 1 nitrogen and oxygen atoms in total. The smallest absolute Gasteiger partial charge is 0.0694 e. The van der Waals surface area contributed by atoms with Crippen molar-refractivity contribution in [1.29, 1.82) is 0 Å². The lowest BCUT2D eigenvalue weighted by Crippen LogP contribution is -2.26. The Balaban J connectivity index is 1.69. The normalized spacial score (nSPS) is 15.9. The van der Waals surface area contributed by atoms with Crippen molar-refractivity contribution in [3.8, 4) is 0 Å². The zero-order valence-corrected chi connectivity index (χ0v) is 16.7. The van der Waals surface area contributed by atoms with E-state index in [-0.39, 0.29) is 4.75 Å². The summed E-state index contributed by atoms with van der Waals surface area (Å²) in [7, 11) is 4.16. The number of benzene rings is 3. The van der Waals surface area contributed by atoms with Crippen molar-refractivity contribution in [3.05, 3.63) is 108 Å². The first-order chi connectivity index (χ1) is 13.2. The van der Waals surface area contributed by atoms with Crippen molar-refractivity contribution >= 4 is 23.0 Å². The average molecular weight is 372 g/mol. The largest absolute Gasteiger partial charge is 0.378 e. The van der Waals surface area contributed by atoms with Crippen LogP contribution in [0.15, 0.2) is 91.0 Å². The highest BCUT2D eigenvalue weighted by atomic mass is 32.2. The Hall–Kier alpha value is -2.45. The third kappa shape index (κ3) is 3.54. The molecule has 0 saturated heterocycles. The number of nitrogens with zero attached hydrogens (tertiary/aromatic N) is 1. The number of hydrogen-bond acceptors (Lipinski definition) is 2. The van der Waals surface area contributed by atoms with Gasteiger partial charge >= 0.3 is 0 Å². The molecular formula is C25H25NS. The quantitative estimate of drug-likeness (QED) is 0.536. The van der Waals surface area contributed by atoms with Gasteiger partial charge in [-0.25, -0.2) is 0 Å². The van der Waals surface area contributed by atoms with Crippen LogP contribution in [0.5, 0.6) is 0 Å². The Morgan fingerprint density at radius 3 is 1.74 bits per heavy atom. The van der Waals surface area contributed by atoms with Gasteiger partial charge in [0, 0.05) is 25.5 Å². The molecule has 0 fully saturated rings. The zero-order valence-electron chi connectivity index (χ0n) is 15.9. The molecule has 0 unspecified atom stereocenters. The maximum atomic E-state index is 2.45. The van der Waals surface area contributed by atoms with Crippen LogP contribution in [0, 0.1) is 0 Å². The summed E-state index contributed by atoms with van der Waals surface area (Å²) in [5, 5.41) is 0. The number of thioether (sulfide) groups is 1. The van der Waals surface area contributed by atoms with Crippen LogP contribution in [-0.4, -0.2) is 19.8 Å². The van der Waals surface area contributed by atoms with Crippen LogP contribution in [0.1, 0.15) is 23.1 Å². The summed E-state index contributed by atoms with van der Waals surface area (Å²) < 4.78 is -0.00437. The van der Waals surface area contributed by atoms with Gasteiger partial charge in [0.05, 0.1) is 4.75 Å². The monoisotopic (exact) mass is 371 g/mol. The molecule has 3 aromatic rings. The molecule has 0 saturated carbocycles. The van der Waals surface area contributed by atoms with Gasteiger partial charge in [0.2, 0.25) is 0 Å². The molecule has 0 aliphatic carbocycles. The fraction of sp³-hybridized carbons (Fsp3) is 0.200. The maximum absolute atomic E-state index is 2.45. The summed E-state index contributed by atoms with van der Waals surface area (Å²) in [6.07, 6.45) is 3.46. The molecular weight excluding hydrogens is 346 g/mol. The first-order valence-corrected chi connectivity index (χ1v) is 10.4. The van der Waals surface area contributed by atoms with Crippen molar-refractivity contribution < 1.29 is 0 Å². The number of allylic oxidation sites excluding steroid dienone is 1. The zero-order chi connectivity index (χ0) is 18.7. The van der Waals surface area contributed by atoms with E-state index in [9.17, 15) is 0 Å². The van der Waals surface area contributed by atoms with Crippen LogP contribution in [0.4, 0.5) is 5.69 Å². The molecule has 136 valence electrons. The van der Waals surface area contributed by atoms with E-state index in [1.165, 1.54) is 28.0 Å². The maximum Gasteiger partial charge on any atom is 0.0694 e. The standard InChI is InChI=1S/C25H25NS/c1-26(2)24-15-13-20(14-16-24)21-17-18-25(27-19-21,22-9-5-3-6-10-22)23-11-7-4-8-12-23/h3-17H,18-19H2,1-2H3. The molecule has 0 atom stereocenters. The van der Waals surface area contributed by atoms with E-state index in [4.69, 9.17) is 0 Å². The Morgan fingerprint density at radius 2 is 1.30 bits per heavy atom. The Bertz CT molecular complexity index is 872. The van der Waals surface area contributed by atoms with E-state index < -0.39 is 0 Å². The minimum atomic E-state index is -0.00437. The van der Waals surface area contributed by atoms with Crippen LogP contribution >= 0.6 is 11.8 Å². The SMILES string of the molecule is CN(C)c1ccc(C2=CCC(c3ccccc3)(c3ccccc3)SC2)cc1. The van der Waals surface area contributed by atoms with Crippen LogP contribution < -0.4 is 4.90 Å². The van der Waals surface area contributed by atoms with Crippen LogP contribution in [-0.2, 0) is 4.75 Å². The molecule has 2 heteroatoms. The van der Waals surface area contributed by atoms with E-state index >= 15 is 0 Å². The molecule has 0 spiro atoms. The summed E-state index contributed by atoms with van der Waals surface area (Å²) in [6.45, 7) is 0. The van der Waals surface area contributed by atoms with Gasteiger partial charge in [0.25, 0.3) is 0 Å². The molecule has 1 aliphatic heterocycles. The van der Waals surface area contributed by atoms with Crippen LogP contribution in [0.3, 0.4) is 0 Å². The predicted molar refractivity (Wildman–Crippen MR) is 119 cm³/mol. The van der Waals surface area contributed by atoms with Gasteiger partial charge in [-0.1, -0.05) is 78.9 Å². The van der Waals surface area contributed by atoms with Gasteiger partial charge in [-0.05, 0) is 40.8 Å². The summed E-state index contributed by atoms with van der Waals surface area (Å²) in [5.41, 5.74) is 6.79. The van der Waals surface area contributed by atoms with E-state index in [2.05, 4.69) is 122 Å². The molecule has 0 bridgehead atoms. The highest BCUT2D eigenvalue weighted by Gasteiger charge is 2.36.